The number of likely N-dealkylation sites (N-methyl/N-ethyl adjacent to an activating group) is 1. The Morgan fingerprint density at radius 2 is 1.93 bits per heavy atom. The SMILES string of the molecule is CCCCN(CC)C1CCCCC1O. The molecule has 1 aliphatic rings. The maximum atomic E-state index is 9.93. The number of hydrogen-bond donors (Lipinski definition) is 1. The summed E-state index contributed by atoms with van der Waals surface area (Å²) >= 11 is 0. The lowest BCUT2D eigenvalue weighted by molar-refractivity contribution is 0.0216. The van der Waals surface area contributed by atoms with Gasteiger partial charge in [-0.05, 0) is 32.4 Å². The maximum Gasteiger partial charge on any atom is 0.0695 e. The number of rotatable bonds is 5. The van der Waals surface area contributed by atoms with Crippen LogP contribution in [0.5, 0.6) is 0 Å². The van der Waals surface area contributed by atoms with Gasteiger partial charge in [0.1, 0.15) is 0 Å². The van der Waals surface area contributed by atoms with Gasteiger partial charge in [-0.1, -0.05) is 33.1 Å². The summed E-state index contributed by atoms with van der Waals surface area (Å²) in [5, 5.41) is 9.93. The van der Waals surface area contributed by atoms with E-state index in [4.69, 9.17) is 0 Å². The van der Waals surface area contributed by atoms with Crippen LogP contribution in [0.3, 0.4) is 0 Å². The Kier molecular flexibility index (Phi) is 5.49. The van der Waals surface area contributed by atoms with Crippen molar-refractivity contribution >= 4 is 0 Å². The average molecular weight is 199 g/mol. The van der Waals surface area contributed by atoms with Crippen molar-refractivity contribution in [2.75, 3.05) is 13.1 Å². The summed E-state index contributed by atoms with van der Waals surface area (Å²) in [4.78, 5) is 2.47. The first-order chi connectivity index (χ1) is 6.79. The van der Waals surface area contributed by atoms with Crippen LogP contribution < -0.4 is 0 Å². The Balaban J connectivity index is 2.40. The lowest BCUT2D eigenvalue weighted by Gasteiger charge is -2.37. The second kappa shape index (κ2) is 6.41. The summed E-state index contributed by atoms with van der Waals surface area (Å²) in [6.45, 7) is 6.68. The van der Waals surface area contributed by atoms with Gasteiger partial charge < -0.3 is 5.11 Å². The fourth-order valence-electron chi connectivity index (χ4n) is 2.44. The molecule has 2 unspecified atom stereocenters. The van der Waals surface area contributed by atoms with E-state index in [2.05, 4.69) is 18.7 Å². The van der Waals surface area contributed by atoms with Gasteiger partial charge in [-0.25, -0.2) is 0 Å². The third-order valence-corrected chi connectivity index (χ3v) is 3.37. The molecule has 0 amide bonds. The minimum Gasteiger partial charge on any atom is -0.391 e. The molecule has 2 nitrogen and oxygen atoms in total. The predicted octanol–water partition coefficient (Wildman–Crippen LogP) is 2.41. The first-order valence-corrected chi connectivity index (χ1v) is 6.21. The molecule has 14 heavy (non-hydrogen) atoms. The molecule has 84 valence electrons. The van der Waals surface area contributed by atoms with Gasteiger partial charge in [0, 0.05) is 6.04 Å². The molecule has 2 heteroatoms. The van der Waals surface area contributed by atoms with E-state index in [-0.39, 0.29) is 6.10 Å². The fourth-order valence-corrected chi connectivity index (χ4v) is 2.44. The molecule has 0 spiro atoms. The number of nitrogens with zero attached hydrogens (tertiary/aromatic N) is 1. The standard InChI is InChI=1S/C12H25NO/c1-3-5-10-13(4-2)11-8-6-7-9-12(11)14/h11-12,14H,3-10H2,1-2H3. The van der Waals surface area contributed by atoms with Crippen LogP contribution in [-0.4, -0.2) is 35.2 Å². The second-order valence-corrected chi connectivity index (χ2v) is 4.40. The van der Waals surface area contributed by atoms with Gasteiger partial charge in [0.15, 0.2) is 0 Å². The van der Waals surface area contributed by atoms with E-state index < -0.39 is 0 Å². The Morgan fingerprint density at radius 1 is 1.21 bits per heavy atom. The molecule has 0 heterocycles. The normalized spacial score (nSPS) is 28.3. The van der Waals surface area contributed by atoms with Crippen molar-refractivity contribution in [3.05, 3.63) is 0 Å². The van der Waals surface area contributed by atoms with Gasteiger partial charge in [0.05, 0.1) is 6.10 Å². The van der Waals surface area contributed by atoms with E-state index in [0.29, 0.717) is 6.04 Å². The molecule has 0 aromatic rings. The van der Waals surface area contributed by atoms with Gasteiger partial charge in [-0.15, -0.1) is 0 Å². The average Bonchev–Trinajstić information content (AvgIpc) is 2.21. The third-order valence-electron chi connectivity index (χ3n) is 3.37. The van der Waals surface area contributed by atoms with Crippen LogP contribution in [-0.2, 0) is 0 Å². The highest BCUT2D eigenvalue weighted by Gasteiger charge is 2.27. The van der Waals surface area contributed by atoms with Crippen molar-refractivity contribution in [3.63, 3.8) is 0 Å². The zero-order chi connectivity index (χ0) is 10.4. The highest BCUT2D eigenvalue weighted by atomic mass is 16.3. The van der Waals surface area contributed by atoms with Crippen molar-refractivity contribution in [1.82, 2.24) is 4.90 Å². The Bertz CT molecular complexity index is 149. The molecule has 1 saturated carbocycles. The summed E-state index contributed by atoms with van der Waals surface area (Å²) in [5.41, 5.74) is 0. The maximum absolute atomic E-state index is 9.93. The first kappa shape index (κ1) is 12.0. The Morgan fingerprint density at radius 3 is 2.50 bits per heavy atom. The number of hydrogen-bond acceptors (Lipinski definition) is 2. The molecule has 0 aliphatic heterocycles. The van der Waals surface area contributed by atoms with Gasteiger partial charge in [-0.2, -0.15) is 0 Å². The van der Waals surface area contributed by atoms with E-state index >= 15 is 0 Å². The monoisotopic (exact) mass is 199 g/mol. The molecule has 2 atom stereocenters. The Hall–Kier alpha value is -0.0800. The summed E-state index contributed by atoms with van der Waals surface area (Å²) in [6, 6.07) is 0.445. The summed E-state index contributed by atoms with van der Waals surface area (Å²) < 4.78 is 0. The van der Waals surface area contributed by atoms with Crippen LogP contribution in [0.2, 0.25) is 0 Å². The quantitative estimate of drug-likeness (QED) is 0.735. The zero-order valence-corrected chi connectivity index (χ0v) is 9.71. The second-order valence-electron chi connectivity index (χ2n) is 4.40. The van der Waals surface area contributed by atoms with Gasteiger partial charge in [-0.3, -0.25) is 4.90 Å². The van der Waals surface area contributed by atoms with Crippen LogP contribution >= 0.6 is 0 Å². The molecular weight excluding hydrogens is 174 g/mol. The van der Waals surface area contributed by atoms with Crippen molar-refractivity contribution in [1.29, 1.82) is 0 Å². The smallest absolute Gasteiger partial charge is 0.0695 e. The van der Waals surface area contributed by atoms with Crippen LogP contribution in [0.15, 0.2) is 0 Å². The zero-order valence-electron chi connectivity index (χ0n) is 9.71. The van der Waals surface area contributed by atoms with Gasteiger partial charge in [0.25, 0.3) is 0 Å². The topological polar surface area (TPSA) is 23.5 Å². The van der Waals surface area contributed by atoms with Crippen LogP contribution in [0.4, 0.5) is 0 Å². The summed E-state index contributed by atoms with van der Waals surface area (Å²) in [7, 11) is 0. The highest BCUT2D eigenvalue weighted by molar-refractivity contribution is 4.82. The van der Waals surface area contributed by atoms with Gasteiger partial charge >= 0.3 is 0 Å². The largest absolute Gasteiger partial charge is 0.391 e. The molecule has 0 radical (unpaired) electrons. The molecule has 0 bridgehead atoms. The van der Waals surface area contributed by atoms with E-state index in [9.17, 15) is 5.11 Å². The van der Waals surface area contributed by atoms with Crippen molar-refractivity contribution in [2.24, 2.45) is 0 Å². The predicted molar refractivity (Wildman–Crippen MR) is 60.4 cm³/mol. The molecule has 0 aromatic carbocycles. The fraction of sp³-hybridized carbons (Fsp3) is 1.00. The van der Waals surface area contributed by atoms with Crippen molar-refractivity contribution in [3.8, 4) is 0 Å². The van der Waals surface area contributed by atoms with Crippen LogP contribution in [0.1, 0.15) is 52.4 Å². The van der Waals surface area contributed by atoms with E-state index in [1.165, 1.54) is 32.1 Å². The minimum absolute atomic E-state index is 0.0689. The molecule has 0 aromatic heterocycles. The first-order valence-electron chi connectivity index (χ1n) is 6.21. The number of aliphatic hydroxyl groups excluding tert-OH is 1. The minimum atomic E-state index is -0.0689. The molecule has 1 N–H and O–H groups in total. The lowest BCUT2D eigenvalue weighted by atomic mass is 9.91. The molecular formula is C12H25NO. The molecule has 1 aliphatic carbocycles. The highest BCUT2D eigenvalue weighted by Crippen LogP contribution is 2.23. The van der Waals surface area contributed by atoms with Crippen LogP contribution in [0.25, 0.3) is 0 Å². The van der Waals surface area contributed by atoms with Crippen molar-refractivity contribution < 1.29 is 5.11 Å². The Labute approximate surface area is 88.3 Å². The number of unbranched alkanes of at least 4 members (excludes halogenated alkanes) is 1. The van der Waals surface area contributed by atoms with Gasteiger partial charge in [0.2, 0.25) is 0 Å². The molecule has 1 rings (SSSR count). The van der Waals surface area contributed by atoms with E-state index in [1.807, 2.05) is 0 Å². The van der Waals surface area contributed by atoms with Crippen LogP contribution in [0, 0.1) is 0 Å². The molecule has 1 fully saturated rings. The van der Waals surface area contributed by atoms with E-state index in [1.54, 1.807) is 0 Å². The summed E-state index contributed by atoms with van der Waals surface area (Å²) in [5.74, 6) is 0. The van der Waals surface area contributed by atoms with E-state index in [0.717, 1.165) is 19.5 Å². The summed E-state index contributed by atoms with van der Waals surface area (Å²) in [6.07, 6.45) is 7.15. The molecule has 0 saturated heterocycles. The van der Waals surface area contributed by atoms with Crippen molar-refractivity contribution in [2.45, 2.75) is 64.5 Å². The lowest BCUT2D eigenvalue weighted by Crippen LogP contribution is -2.45. The number of aliphatic hydroxyl groups is 1. The third kappa shape index (κ3) is 3.25.